The number of amides is 1. The topological polar surface area (TPSA) is 210 Å². The zero-order valence-corrected chi connectivity index (χ0v) is 18.4. The highest BCUT2D eigenvalue weighted by molar-refractivity contribution is 6.24. The molecule has 11 heteroatoms. The Balaban J connectivity index is 2.04. The van der Waals surface area contributed by atoms with Crippen LogP contribution in [0.25, 0.3) is 0 Å². The van der Waals surface area contributed by atoms with Crippen molar-refractivity contribution in [3.8, 4) is 5.75 Å². The lowest BCUT2D eigenvalue weighted by molar-refractivity contribution is -0.174. The van der Waals surface area contributed by atoms with Crippen molar-refractivity contribution >= 4 is 29.1 Å². The maximum Gasteiger partial charge on any atom is 0.305 e. The van der Waals surface area contributed by atoms with Gasteiger partial charge in [0.15, 0.2) is 11.4 Å². The highest BCUT2D eigenvalue weighted by Crippen LogP contribution is 2.56. The highest BCUT2D eigenvalue weighted by Gasteiger charge is 2.65. The van der Waals surface area contributed by atoms with Crippen LogP contribution in [0.5, 0.6) is 5.75 Å². The van der Waals surface area contributed by atoms with Gasteiger partial charge in [0.2, 0.25) is 5.78 Å². The number of carbonyl (C=O) groups excluding carboxylic acids is 4. The van der Waals surface area contributed by atoms with E-state index in [4.69, 9.17) is 16.2 Å². The quantitative estimate of drug-likeness (QED) is 0.156. The summed E-state index contributed by atoms with van der Waals surface area (Å²) >= 11 is 0. The monoisotopic (exact) mass is 472 g/mol. The first-order chi connectivity index (χ1) is 15.9. The van der Waals surface area contributed by atoms with Crippen molar-refractivity contribution in [2.45, 2.75) is 44.3 Å². The summed E-state index contributed by atoms with van der Waals surface area (Å²) in [6.45, 7) is 3.18. The summed E-state index contributed by atoms with van der Waals surface area (Å²) in [6, 6.07) is 2.92. The molecule has 1 aromatic rings. The smallest absolute Gasteiger partial charge is 0.305 e. The van der Waals surface area contributed by atoms with Crippen LogP contribution in [0.15, 0.2) is 34.8 Å². The van der Waals surface area contributed by atoms with Crippen molar-refractivity contribution in [1.29, 1.82) is 0 Å². The number of rotatable bonds is 3. The van der Waals surface area contributed by atoms with E-state index in [0.29, 0.717) is 5.56 Å². The van der Waals surface area contributed by atoms with Crippen LogP contribution in [-0.2, 0) is 19.1 Å². The van der Waals surface area contributed by atoms with Crippen molar-refractivity contribution < 1.29 is 44.3 Å². The number of fused-ring (bicyclic) bond motifs is 3. The van der Waals surface area contributed by atoms with Crippen LogP contribution in [-0.4, -0.2) is 55.6 Å². The standard InChI is InChI=1S/C23H24N2O9/c1-3-12(27)34-19-9-6-11(26)15(22(25)32)20(30)23(9,33)21(31)16-13(19)7(2)8-4-5-10(24)17(28)14(8)18(16)29/h4-5,7,9,13,19,26,28,31,33H,3,6,24H2,1-2H3,(H2,25,32)/t7-,9+,13+,19+,23+/m0/s1. The van der Waals surface area contributed by atoms with Gasteiger partial charge in [-0.15, -0.1) is 0 Å². The van der Waals surface area contributed by atoms with Crippen molar-refractivity contribution in [2.75, 3.05) is 5.73 Å². The number of carbonyl (C=O) groups is 4. The first-order valence-electron chi connectivity index (χ1n) is 10.7. The lowest BCUT2D eigenvalue weighted by Crippen LogP contribution is -2.63. The average molecular weight is 472 g/mol. The van der Waals surface area contributed by atoms with E-state index in [1.807, 2.05) is 0 Å². The fourth-order valence-corrected chi connectivity index (χ4v) is 5.37. The third-order valence-electron chi connectivity index (χ3n) is 7.06. The number of aromatic hydroxyl groups is 1. The van der Waals surface area contributed by atoms with Gasteiger partial charge in [0.05, 0.1) is 11.3 Å². The molecule has 0 radical (unpaired) electrons. The predicted octanol–water partition coefficient (Wildman–Crippen LogP) is 0.655. The summed E-state index contributed by atoms with van der Waals surface area (Å²) in [5, 5.41) is 43.6. The molecule has 0 saturated carbocycles. The second-order valence-corrected chi connectivity index (χ2v) is 8.77. The first kappa shape index (κ1) is 23.3. The normalized spacial score (nSPS) is 30.4. The molecule has 0 spiro atoms. The zero-order valence-electron chi connectivity index (χ0n) is 18.4. The van der Waals surface area contributed by atoms with E-state index in [0.717, 1.165) is 0 Å². The van der Waals surface area contributed by atoms with Crippen LogP contribution in [0.4, 0.5) is 5.69 Å². The fraction of sp³-hybridized carbons (Fsp3) is 0.391. The minimum Gasteiger partial charge on any atom is -0.511 e. The van der Waals surface area contributed by atoms with Crippen LogP contribution >= 0.6 is 0 Å². The maximum absolute atomic E-state index is 13.5. The van der Waals surface area contributed by atoms with Gasteiger partial charge in [-0.1, -0.05) is 19.9 Å². The summed E-state index contributed by atoms with van der Waals surface area (Å²) in [4.78, 5) is 50.9. The molecule has 0 fully saturated rings. The molecule has 0 aliphatic heterocycles. The number of nitrogen functional groups attached to an aromatic ring is 1. The Hall–Kier alpha value is -3.86. The van der Waals surface area contributed by atoms with Gasteiger partial charge in [0, 0.05) is 30.3 Å². The summed E-state index contributed by atoms with van der Waals surface area (Å²) in [5.74, 6) is -9.82. The molecule has 0 heterocycles. The minimum atomic E-state index is -2.88. The molecular weight excluding hydrogens is 448 g/mol. The number of ether oxygens (including phenoxy) is 1. The molecule has 5 atom stereocenters. The largest absolute Gasteiger partial charge is 0.511 e. The number of phenolic OH excluding ortho intramolecular Hbond substituents is 1. The molecule has 34 heavy (non-hydrogen) atoms. The molecule has 1 amide bonds. The average Bonchev–Trinajstić information content (AvgIpc) is 2.77. The molecule has 1 aromatic carbocycles. The lowest BCUT2D eigenvalue weighted by atomic mass is 9.56. The Kier molecular flexibility index (Phi) is 5.20. The van der Waals surface area contributed by atoms with E-state index in [1.54, 1.807) is 6.92 Å². The van der Waals surface area contributed by atoms with Gasteiger partial charge in [0.25, 0.3) is 5.91 Å². The second kappa shape index (κ2) is 7.59. The van der Waals surface area contributed by atoms with Crippen LogP contribution in [0.1, 0.15) is 48.5 Å². The third-order valence-corrected chi connectivity index (χ3v) is 7.06. The Bertz CT molecular complexity index is 1230. The van der Waals surface area contributed by atoms with Gasteiger partial charge < -0.3 is 36.6 Å². The molecule has 8 N–H and O–H groups in total. The van der Waals surface area contributed by atoms with E-state index >= 15 is 0 Å². The zero-order chi connectivity index (χ0) is 25.3. The summed E-state index contributed by atoms with van der Waals surface area (Å²) < 4.78 is 5.59. The number of hydrogen-bond acceptors (Lipinski definition) is 10. The Morgan fingerprint density at radius 3 is 2.44 bits per heavy atom. The summed E-state index contributed by atoms with van der Waals surface area (Å²) in [6.07, 6.45) is -1.95. The maximum atomic E-state index is 13.5. The van der Waals surface area contributed by atoms with E-state index < -0.39 is 87.7 Å². The Morgan fingerprint density at radius 2 is 1.85 bits per heavy atom. The number of primary amides is 1. The van der Waals surface area contributed by atoms with Crippen molar-refractivity contribution in [3.63, 3.8) is 0 Å². The van der Waals surface area contributed by atoms with E-state index in [2.05, 4.69) is 0 Å². The molecule has 0 aromatic heterocycles. The van der Waals surface area contributed by atoms with E-state index in [1.165, 1.54) is 19.1 Å². The van der Waals surface area contributed by atoms with Crippen molar-refractivity contribution in [3.05, 3.63) is 45.9 Å². The number of benzene rings is 1. The van der Waals surface area contributed by atoms with Gasteiger partial charge in [-0.25, -0.2) is 0 Å². The Morgan fingerprint density at radius 1 is 1.21 bits per heavy atom. The molecular formula is C23H24N2O9. The Labute approximate surface area is 193 Å². The molecule has 0 bridgehead atoms. The number of hydrogen-bond donors (Lipinski definition) is 6. The number of nitrogens with two attached hydrogens (primary N) is 2. The van der Waals surface area contributed by atoms with Crippen LogP contribution in [0, 0.1) is 11.8 Å². The van der Waals surface area contributed by atoms with Crippen LogP contribution in [0.3, 0.4) is 0 Å². The van der Waals surface area contributed by atoms with Crippen LogP contribution < -0.4 is 11.5 Å². The predicted molar refractivity (Wildman–Crippen MR) is 115 cm³/mol. The van der Waals surface area contributed by atoms with E-state index in [-0.39, 0.29) is 17.7 Å². The van der Waals surface area contributed by atoms with Crippen LogP contribution in [0.2, 0.25) is 0 Å². The van der Waals surface area contributed by atoms with Gasteiger partial charge in [-0.3, -0.25) is 19.2 Å². The molecule has 3 aliphatic carbocycles. The SMILES string of the molecule is CCC(=O)O[C@H]1[C@H]2C(=C(O)[C@]3(O)C(=O)C(C(N)=O)=C(O)C[C@H]13)C(=O)c1c(ccc(N)c1O)[C@@H]2C. The molecule has 3 aliphatic rings. The number of ketones is 2. The van der Waals surface area contributed by atoms with Crippen molar-refractivity contribution in [2.24, 2.45) is 17.6 Å². The van der Waals surface area contributed by atoms with E-state index in [9.17, 15) is 39.6 Å². The first-order valence-corrected chi connectivity index (χ1v) is 10.7. The summed E-state index contributed by atoms with van der Waals surface area (Å²) in [7, 11) is 0. The molecule has 180 valence electrons. The number of esters is 1. The van der Waals surface area contributed by atoms with Gasteiger partial charge >= 0.3 is 5.97 Å². The molecule has 11 nitrogen and oxygen atoms in total. The minimum absolute atomic E-state index is 0.0715. The molecule has 0 saturated heterocycles. The summed E-state index contributed by atoms with van der Waals surface area (Å²) in [5.41, 5.74) is 6.74. The fourth-order valence-electron chi connectivity index (χ4n) is 5.37. The van der Waals surface area contributed by atoms with Gasteiger partial charge in [-0.05, 0) is 17.5 Å². The lowest BCUT2D eigenvalue weighted by Gasteiger charge is -2.51. The van der Waals surface area contributed by atoms with Gasteiger partial charge in [-0.2, -0.15) is 0 Å². The van der Waals surface area contributed by atoms with Gasteiger partial charge in [0.1, 0.15) is 28.9 Å². The molecule has 0 unspecified atom stereocenters. The highest BCUT2D eigenvalue weighted by atomic mass is 16.5. The number of phenols is 1. The number of allylic oxidation sites excluding steroid dienone is 1. The number of anilines is 1. The number of aliphatic hydroxyl groups is 3. The number of aliphatic hydroxyl groups excluding tert-OH is 2. The second-order valence-electron chi connectivity index (χ2n) is 8.77. The number of Topliss-reactive ketones (excluding diaryl/α,β-unsaturated/α-hetero) is 2. The van der Waals surface area contributed by atoms with Crippen molar-refractivity contribution in [1.82, 2.24) is 0 Å². The molecule has 4 rings (SSSR count). The third kappa shape index (κ3) is 2.86.